The molecule has 0 spiro atoms. The molecule has 2 aromatic carbocycles. The zero-order chi connectivity index (χ0) is 14.4. The SMILES string of the molecule is O=C(/C=C/c1ccc(Cl)cc1)NCc1ccccc1F. The predicted octanol–water partition coefficient (Wildman–Crippen LogP) is 3.81. The molecule has 0 aliphatic heterocycles. The third-order valence-corrected chi connectivity index (χ3v) is 2.96. The number of halogens is 2. The second-order valence-corrected chi connectivity index (χ2v) is 4.63. The van der Waals surface area contributed by atoms with Gasteiger partial charge in [0.25, 0.3) is 0 Å². The van der Waals surface area contributed by atoms with E-state index in [1.165, 1.54) is 12.1 Å². The van der Waals surface area contributed by atoms with Crippen molar-refractivity contribution < 1.29 is 9.18 Å². The van der Waals surface area contributed by atoms with E-state index in [0.29, 0.717) is 10.6 Å². The van der Waals surface area contributed by atoms with Crippen molar-refractivity contribution in [1.29, 1.82) is 0 Å². The van der Waals surface area contributed by atoms with Crippen molar-refractivity contribution in [3.05, 3.63) is 76.6 Å². The van der Waals surface area contributed by atoms with E-state index in [0.717, 1.165) is 5.56 Å². The van der Waals surface area contributed by atoms with Crippen molar-refractivity contribution in [3.63, 3.8) is 0 Å². The molecule has 0 atom stereocenters. The fourth-order valence-electron chi connectivity index (χ4n) is 1.63. The van der Waals surface area contributed by atoms with E-state index in [9.17, 15) is 9.18 Å². The first kappa shape index (κ1) is 14.3. The van der Waals surface area contributed by atoms with Crippen LogP contribution in [0.25, 0.3) is 6.08 Å². The van der Waals surface area contributed by atoms with Crippen LogP contribution in [0.15, 0.2) is 54.6 Å². The summed E-state index contributed by atoms with van der Waals surface area (Å²) in [4.78, 5) is 11.6. The van der Waals surface area contributed by atoms with Gasteiger partial charge >= 0.3 is 0 Å². The minimum absolute atomic E-state index is 0.163. The van der Waals surface area contributed by atoms with E-state index in [2.05, 4.69) is 5.32 Å². The number of carbonyl (C=O) groups excluding carboxylic acids is 1. The van der Waals surface area contributed by atoms with Crippen molar-refractivity contribution >= 4 is 23.6 Å². The number of amides is 1. The minimum atomic E-state index is -0.325. The molecule has 0 unspecified atom stereocenters. The van der Waals surface area contributed by atoms with Crippen molar-refractivity contribution in [2.24, 2.45) is 0 Å². The van der Waals surface area contributed by atoms with Gasteiger partial charge in [0, 0.05) is 23.2 Å². The molecule has 0 saturated heterocycles. The van der Waals surface area contributed by atoms with Crippen LogP contribution >= 0.6 is 11.6 Å². The summed E-state index contributed by atoms with van der Waals surface area (Å²) in [6.45, 7) is 0.163. The van der Waals surface area contributed by atoms with Gasteiger partial charge in [-0.25, -0.2) is 4.39 Å². The third kappa shape index (κ3) is 4.21. The molecule has 0 aliphatic rings. The van der Waals surface area contributed by atoms with Gasteiger partial charge in [0.1, 0.15) is 5.82 Å². The molecule has 20 heavy (non-hydrogen) atoms. The highest BCUT2D eigenvalue weighted by Crippen LogP contribution is 2.10. The molecule has 0 radical (unpaired) electrons. The molecule has 1 amide bonds. The normalized spacial score (nSPS) is 10.7. The maximum atomic E-state index is 13.3. The Morgan fingerprint density at radius 3 is 2.55 bits per heavy atom. The van der Waals surface area contributed by atoms with E-state index in [4.69, 9.17) is 11.6 Å². The summed E-state index contributed by atoms with van der Waals surface area (Å²) in [7, 11) is 0. The number of nitrogens with one attached hydrogen (secondary N) is 1. The van der Waals surface area contributed by atoms with Gasteiger partial charge in [-0.1, -0.05) is 41.9 Å². The Balaban J connectivity index is 1.90. The van der Waals surface area contributed by atoms with Gasteiger partial charge in [0.05, 0.1) is 0 Å². The van der Waals surface area contributed by atoms with Gasteiger partial charge in [0.2, 0.25) is 5.91 Å². The van der Waals surface area contributed by atoms with Crippen molar-refractivity contribution in [3.8, 4) is 0 Å². The molecule has 0 fully saturated rings. The van der Waals surface area contributed by atoms with Crippen LogP contribution in [0.5, 0.6) is 0 Å². The van der Waals surface area contributed by atoms with Crippen molar-refractivity contribution in [2.45, 2.75) is 6.54 Å². The second kappa shape index (κ2) is 6.87. The molecular formula is C16H13ClFNO. The van der Waals surface area contributed by atoms with Gasteiger partial charge in [-0.15, -0.1) is 0 Å². The van der Waals surface area contributed by atoms with Gasteiger partial charge < -0.3 is 5.32 Å². The van der Waals surface area contributed by atoms with Crippen LogP contribution < -0.4 is 5.32 Å². The summed E-state index contributed by atoms with van der Waals surface area (Å²) >= 11 is 5.77. The monoisotopic (exact) mass is 289 g/mol. The molecule has 102 valence electrons. The molecule has 1 N–H and O–H groups in total. The number of benzene rings is 2. The summed E-state index contributed by atoms with van der Waals surface area (Å²) in [5.74, 6) is -0.599. The lowest BCUT2D eigenvalue weighted by atomic mass is 10.2. The molecule has 0 saturated carbocycles. The molecular weight excluding hydrogens is 277 g/mol. The Morgan fingerprint density at radius 1 is 1.15 bits per heavy atom. The number of hydrogen-bond donors (Lipinski definition) is 1. The van der Waals surface area contributed by atoms with E-state index in [-0.39, 0.29) is 18.3 Å². The summed E-state index contributed by atoms with van der Waals surface area (Å²) < 4.78 is 13.3. The summed E-state index contributed by atoms with van der Waals surface area (Å²) in [5, 5.41) is 3.27. The van der Waals surface area contributed by atoms with Gasteiger partial charge in [-0.2, -0.15) is 0 Å². The average Bonchev–Trinajstić information content (AvgIpc) is 2.46. The van der Waals surface area contributed by atoms with Crippen LogP contribution in [0.2, 0.25) is 5.02 Å². The first-order valence-electron chi connectivity index (χ1n) is 6.10. The van der Waals surface area contributed by atoms with Crippen LogP contribution in [0.3, 0.4) is 0 Å². The van der Waals surface area contributed by atoms with E-state index in [1.54, 1.807) is 36.4 Å². The van der Waals surface area contributed by atoms with E-state index < -0.39 is 0 Å². The highest BCUT2D eigenvalue weighted by atomic mass is 35.5. The lowest BCUT2D eigenvalue weighted by molar-refractivity contribution is -0.116. The standard InChI is InChI=1S/C16H13ClFNO/c17-14-8-5-12(6-9-14)7-10-16(20)19-11-13-3-1-2-4-15(13)18/h1-10H,11H2,(H,19,20)/b10-7+. The molecule has 0 aliphatic carbocycles. The Morgan fingerprint density at radius 2 is 1.85 bits per heavy atom. The highest BCUT2D eigenvalue weighted by Gasteiger charge is 2.01. The maximum absolute atomic E-state index is 13.3. The first-order valence-corrected chi connectivity index (χ1v) is 6.48. The fourth-order valence-corrected chi connectivity index (χ4v) is 1.75. The highest BCUT2D eigenvalue weighted by molar-refractivity contribution is 6.30. The third-order valence-electron chi connectivity index (χ3n) is 2.71. The van der Waals surface area contributed by atoms with Crippen LogP contribution in [-0.2, 0) is 11.3 Å². The molecule has 0 bridgehead atoms. The summed E-state index contributed by atoms with van der Waals surface area (Å²) in [5.41, 5.74) is 1.33. The van der Waals surface area contributed by atoms with Gasteiger partial charge in [-0.05, 0) is 29.8 Å². The largest absolute Gasteiger partial charge is 0.348 e. The lowest BCUT2D eigenvalue weighted by Gasteiger charge is -2.03. The van der Waals surface area contributed by atoms with Crippen LogP contribution in [0, 0.1) is 5.82 Å². The average molecular weight is 290 g/mol. The second-order valence-electron chi connectivity index (χ2n) is 4.19. The topological polar surface area (TPSA) is 29.1 Å². The van der Waals surface area contributed by atoms with E-state index >= 15 is 0 Å². The number of carbonyl (C=O) groups is 1. The molecule has 0 heterocycles. The lowest BCUT2D eigenvalue weighted by Crippen LogP contribution is -2.20. The Kier molecular flexibility index (Phi) is 4.91. The molecule has 2 aromatic rings. The summed E-state index contributed by atoms with van der Waals surface area (Å²) in [6.07, 6.45) is 3.08. The molecule has 2 nitrogen and oxygen atoms in total. The van der Waals surface area contributed by atoms with Crippen LogP contribution in [0.4, 0.5) is 4.39 Å². The minimum Gasteiger partial charge on any atom is -0.348 e. The molecule has 0 aromatic heterocycles. The van der Waals surface area contributed by atoms with Gasteiger partial charge in [0.15, 0.2) is 0 Å². The smallest absolute Gasteiger partial charge is 0.244 e. The predicted molar refractivity (Wildman–Crippen MR) is 78.7 cm³/mol. The maximum Gasteiger partial charge on any atom is 0.244 e. The Bertz CT molecular complexity index is 623. The van der Waals surface area contributed by atoms with E-state index in [1.807, 2.05) is 12.1 Å². The van der Waals surface area contributed by atoms with Crippen molar-refractivity contribution in [1.82, 2.24) is 5.32 Å². The summed E-state index contributed by atoms with van der Waals surface area (Å²) in [6, 6.07) is 13.5. The fraction of sp³-hybridized carbons (Fsp3) is 0.0625. The molecule has 4 heteroatoms. The number of rotatable bonds is 4. The van der Waals surface area contributed by atoms with Gasteiger partial charge in [-0.3, -0.25) is 4.79 Å². The van der Waals surface area contributed by atoms with Crippen LogP contribution in [0.1, 0.15) is 11.1 Å². The molecule has 2 rings (SSSR count). The first-order chi connectivity index (χ1) is 9.65. The quantitative estimate of drug-likeness (QED) is 0.852. The zero-order valence-corrected chi connectivity index (χ0v) is 11.4. The number of hydrogen-bond acceptors (Lipinski definition) is 1. The Hall–Kier alpha value is -2.13. The van der Waals surface area contributed by atoms with Crippen LogP contribution in [-0.4, -0.2) is 5.91 Å². The van der Waals surface area contributed by atoms with Crippen molar-refractivity contribution in [2.75, 3.05) is 0 Å². The Labute approximate surface area is 121 Å². The zero-order valence-electron chi connectivity index (χ0n) is 10.6.